The van der Waals surface area contributed by atoms with Crippen molar-refractivity contribution in [1.29, 1.82) is 0 Å². The number of carboxylic acid groups (broad SMARTS) is 1. The van der Waals surface area contributed by atoms with Crippen LogP contribution in [0.5, 0.6) is 0 Å². The van der Waals surface area contributed by atoms with Crippen molar-refractivity contribution in [2.45, 2.75) is 40.7 Å². The number of urea groups is 1. The second-order valence-corrected chi connectivity index (χ2v) is 5.53. The lowest BCUT2D eigenvalue weighted by atomic mass is 9.94. The number of nitrogens with one attached hydrogen (secondary N) is 2. The molecule has 0 aromatic heterocycles. The highest BCUT2D eigenvalue weighted by molar-refractivity contribution is 5.77. The van der Waals surface area contributed by atoms with E-state index in [2.05, 4.69) is 10.6 Å². The van der Waals surface area contributed by atoms with Gasteiger partial charge in [0, 0.05) is 13.2 Å². The number of aliphatic carboxylic acids is 1. The third-order valence-corrected chi connectivity index (χ3v) is 2.89. The highest BCUT2D eigenvalue weighted by atomic mass is 16.5. The maximum atomic E-state index is 11.7. The normalized spacial score (nSPS) is 13.2. The van der Waals surface area contributed by atoms with Crippen molar-refractivity contribution in [3.8, 4) is 0 Å². The van der Waals surface area contributed by atoms with E-state index in [-0.39, 0.29) is 24.5 Å². The van der Waals surface area contributed by atoms with E-state index >= 15 is 0 Å². The minimum absolute atomic E-state index is 0.0770. The van der Waals surface area contributed by atoms with Crippen LogP contribution in [0.3, 0.4) is 0 Å². The third-order valence-electron chi connectivity index (χ3n) is 2.89. The molecule has 0 saturated heterocycles. The summed E-state index contributed by atoms with van der Waals surface area (Å²) in [6.07, 6.45) is 0. The van der Waals surface area contributed by atoms with Crippen LogP contribution in [0.25, 0.3) is 0 Å². The van der Waals surface area contributed by atoms with Crippen molar-refractivity contribution in [1.82, 2.24) is 10.6 Å². The van der Waals surface area contributed by atoms with Crippen LogP contribution in [-0.4, -0.2) is 42.9 Å². The zero-order valence-electron chi connectivity index (χ0n) is 12.4. The van der Waals surface area contributed by atoms with Gasteiger partial charge in [0.2, 0.25) is 0 Å². The predicted octanol–water partition coefficient (Wildman–Crippen LogP) is 1.46. The van der Waals surface area contributed by atoms with Gasteiger partial charge in [0.1, 0.15) is 0 Å². The molecule has 0 aliphatic rings. The predicted molar refractivity (Wildman–Crippen MR) is 73.1 cm³/mol. The molecule has 112 valence electrons. The summed E-state index contributed by atoms with van der Waals surface area (Å²) in [6, 6.07) is -0.458. The first-order valence-electron chi connectivity index (χ1n) is 6.56. The molecule has 0 saturated carbocycles. The van der Waals surface area contributed by atoms with E-state index in [1.54, 1.807) is 13.8 Å². The van der Waals surface area contributed by atoms with Gasteiger partial charge in [-0.1, -0.05) is 13.8 Å². The molecule has 0 fully saturated rings. The SMILES string of the molecule is CCOCC(NC(=O)NCC(C)(C)C(=O)O)C(C)C. The first-order chi connectivity index (χ1) is 8.70. The van der Waals surface area contributed by atoms with Crippen molar-refractivity contribution in [3.63, 3.8) is 0 Å². The van der Waals surface area contributed by atoms with Crippen LogP contribution in [0.4, 0.5) is 4.79 Å². The minimum Gasteiger partial charge on any atom is -0.481 e. The zero-order chi connectivity index (χ0) is 15.1. The van der Waals surface area contributed by atoms with E-state index < -0.39 is 11.4 Å². The van der Waals surface area contributed by atoms with Gasteiger partial charge in [-0.3, -0.25) is 4.79 Å². The average Bonchev–Trinajstić information content (AvgIpc) is 2.31. The van der Waals surface area contributed by atoms with Crippen molar-refractivity contribution in [3.05, 3.63) is 0 Å². The van der Waals surface area contributed by atoms with Crippen LogP contribution < -0.4 is 10.6 Å². The lowest BCUT2D eigenvalue weighted by molar-refractivity contribution is -0.146. The fourth-order valence-electron chi connectivity index (χ4n) is 1.24. The van der Waals surface area contributed by atoms with Crippen LogP contribution in [0, 0.1) is 11.3 Å². The van der Waals surface area contributed by atoms with E-state index in [0.717, 1.165) is 0 Å². The zero-order valence-corrected chi connectivity index (χ0v) is 12.4. The van der Waals surface area contributed by atoms with Gasteiger partial charge in [-0.25, -0.2) is 4.79 Å². The molecule has 0 spiro atoms. The Morgan fingerprint density at radius 2 is 1.89 bits per heavy atom. The molecule has 0 rings (SSSR count). The molecule has 0 bridgehead atoms. The van der Waals surface area contributed by atoms with Gasteiger partial charge in [0.25, 0.3) is 0 Å². The number of ether oxygens (including phenoxy) is 1. The van der Waals surface area contributed by atoms with E-state index in [1.807, 2.05) is 20.8 Å². The first-order valence-corrected chi connectivity index (χ1v) is 6.56. The van der Waals surface area contributed by atoms with E-state index in [4.69, 9.17) is 9.84 Å². The Kier molecular flexibility index (Phi) is 7.44. The largest absolute Gasteiger partial charge is 0.481 e. The number of carboxylic acids is 1. The van der Waals surface area contributed by atoms with Gasteiger partial charge in [-0.15, -0.1) is 0 Å². The summed E-state index contributed by atoms with van der Waals surface area (Å²) in [7, 11) is 0. The van der Waals surface area contributed by atoms with E-state index in [0.29, 0.717) is 13.2 Å². The molecular formula is C13H26N2O4. The Labute approximate surface area is 114 Å². The quantitative estimate of drug-likeness (QED) is 0.625. The van der Waals surface area contributed by atoms with Crippen molar-refractivity contribution >= 4 is 12.0 Å². The second kappa shape index (κ2) is 7.99. The summed E-state index contributed by atoms with van der Waals surface area (Å²) in [4.78, 5) is 22.6. The fourth-order valence-corrected chi connectivity index (χ4v) is 1.24. The Hall–Kier alpha value is -1.30. The highest BCUT2D eigenvalue weighted by Gasteiger charge is 2.28. The summed E-state index contributed by atoms with van der Waals surface area (Å²) in [5.41, 5.74) is -0.982. The Morgan fingerprint density at radius 1 is 1.32 bits per heavy atom. The van der Waals surface area contributed by atoms with Gasteiger partial charge >= 0.3 is 12.0 Å². The molecule has 0 aliphatic heterocycles. The van der Waals surface area contributed by atoms with Crippen LogP contribution in [0.15, 0.2) is 0 Å². The molecule has 2 amide bonds. The molecule has 0 radical (unpaired) electrons. The summed E-state index contributed by atoms with van der Waals surface area (Å²) in [5, 5.41) is 14.3. The monoisotopic (exact) mass is 274 g/mol. The third kappa shape index (κ3) is 7.00. The average molecular weight is 274 g/mol. The van der Waals surface area contributed by atoms with Crippen LogP contribution in [0.2, 0.25) is 0 Å². The molecule has 0 heterocycles. The maximum Gasteiger partial charge on any atom is 0.315 e. The van der Waals surface area contributed by atoms with Crippen molar-refractivity contribution < 1.29 is 19.4 Å². The number of carbonyl (C=O) groups is 2. The van der Waals surface area contributed by atoms with Gasteiger partial charge in [-0.2, -0.15) is 0 Å². The molecule has 1 unspecified atom stereocenters. The topological polar surface area (TPSA) is 87.7 Å². The molecule has 3 N–H and O–H groups in total. The molecular weight excluding hydrogens is 248 g/mol. The standard InChI is InChI=1S/C13H26N2O4/c1-6-19-7-10(9(2)3)15-12(18)14-8-13(4,5)11(16)17/h9-10H,6-8H2,1-5H3,(H,16,17)(H2,14,15,18). The van der Waals surface area contributed by atoms with E-state index in [1.165, 1.54) is 0 Å². The summed E-state index contributed by atoms with van der Waals surface area (Å²) < 4.78 is 5.30. The van der Waals surface area contributed by atoms with Gasteiger partial charge in [0.05, 0.1) is 18.1 Å². The maximum absolute atomic E-state index is 11.7. The summed E-state index contributed by atoms with van der Waals surface area (Å²) in [6.45, 7) is 10.1. The van der Waals surface area contributed by atoms with Gasteiger partial charge < -0.3 is 20.5 Å². The molecule has 19 heavy (non-hydrogen) atoms. The number of hydrogen-bond donors (Lipinski definition) is 3. The molecule has 0 aliphatic carbocycles. The summed E-state index contributed by atoms with van der Waals surface area (Å²) in [5.74, 6) is -0.702. The smallest absolute Gasteiger partial charge is 0.315 e. The Morgan fingerprint density at radius 3 is 2.32 bits per heavy atom. The molecule has 6 heteroatoms. The Bertz CT molecular complexity index is 303. The lowest BCUT2D eigenvalue weighted by Gasteiger charge is -2.24. The number of hydrogen-bond acceptors (Lipinski definition) is 3. The minimum atomic E-state index is -0.982. The molecule has 1 atom stereocenters. The number of amides is 2. The first kappa shape index (κ1) is 17.7. The molecule has 6 nitrogen and oxygen atoms in total. The lowest BCUT2D eigenvalue weighted by Crippen LogP contribution is -2.49. The second-order valence-electron chi connectivity index (χ2n) is 5.53. The number of carbonyl (C=O) groups excluding carboxylic acids is 1. The van der Waals surface area contributed by atoms with Crippen LogP contribution >= 0.6 is 0 Å². The summed E-state index contributed by atoms with van der Waals surface area (Å²) >= 11 is 0. The van der Waals surface area contributed by atoms with Crippen LogP contribution in [0.1, 0.15) is 34.6 Å². The fraction of sp³-hybridized carbons (Fsp3) is 0.846. The van der Waals surface area contributed by atoms with E-state index in [9.17, 15) is 9.59 Å². The molecule has 0 aromatic rings. The van der Waals surface area contributed by atoms with Crippen LogP contribution in [-0.2, 0) is 9.53 Å². The van der Waals surface area contributed by atoms with Crippen molar-refractivity contribution in [2.24, 2.45) is 11.3 Å². The number of rotatable bonds is 8. The molecule has 0 aromatic carbocycles. The Balaban J connectivity index is 4.24. The highest BCUT2D eigenvalue weighted by Crippen LogP contribution is 2.13. The van der Waals surface area contributed by atoms with Crippen molar-refractivity contribution in [2.75, 3.05) is 19.8 Å². The van der Waals surface area contributed by atoms with Gasteiger partial charge in [-0.05, 0) is 26.7 Å². The van der Waals surface area contributed by atoms with Gasteiger partial charge in [0.15, 0.2) is 0 Å².